The van der Waals surface area contributed by atoms with Crippen LogP contribution >= 0.6 is 0 Å². The molecule has 0 heterocycles. The quantitative estimate of drug-likeness (QED) is 0.802. The lowest BCUT2D eigenvalue weighted by atomic mass is 10.0. The molecule has 0 aliphatic rings. The van der Waals surface area contributed by atoms with Crippen molar-refractivity contribution in [3.8, 4) is 11.5 Å². The third kappa shape index (κ3) is 3.38. The fourth-order valence-electron chi connectivity index (χ4n) is 2.02. The minimum atomic E-state index is 0.162. The zero-order valence-electron chi connectivity index (χ0n) is 11.0. The van der Waals surface area contributed by atoms with Gasteiger partial charge in [-0.15, -0.1) is 0 Å². The van der Waals surface area contributed by atoms with Crippen LogP contribution < -0.4 is 0 Å². The van der Waals surface area contributed by atoms with E-state index in [0.29, 0.717) is 12.0 Å². The molecule has 2 heteroatoms. The Morgan fingerprint density at radius 1 is 0.895 bits per heavy atom. The molecule has 0 aliphatic carbocycles. The van der Waals surface area contributed by atoms with Gasteiger partial charge in [-0.05, 0) is 29.7 Å². The molecule has 0 radical (unpaired) electrons. The fraction of sp³-hybridized carbons (Fsp3) is 0.176. The van der Waals surface area contributed by atoms with E-state index in [1.807, 2.05) is 49.4 Å². The van der Waals surface area contributed by atoms with Crippen LogP contribution in [0.1, 0.15) is 30.0 Å². The topological polar surface area (TPSA) is 40.5 Å². The van der Waals surface area contributed by atoms with Crippen molar-refractivity contribution in [2.75, 3.05) is 0 Å². The van der Waals surface area contributed by atoms with Gasteiger partial charge in [-0.2, -0.15) is 0 Å². The molecule has 2 rings (SSSR count). The van der Waals surface area contributed by atoms with E-state index >= 15 is 0 Å². The molecule has 0 saturated heterocycles. The van der Waals surface area contributed by atoms with Gasteiger partial charge in [-0.1, -0.05) is 55.8 Å². The summed E-state index contributed by atoms with van der Waals surface area (Å²) in [4.78, 5) is 0. The Bertz CT molecular complexity index is 548. The molecule has 2 N–H and O–H groups in total. The Morgan fingerprint density at radius 3 is 2.05 bits per heavy atom. The van der Waals surface area contributed by atoms with E-state index in [1.54, 1.807) is 12.1 Å². The van der Waals surface area contributed by atoms with Crippen molar-refractivity contribution in [1.29, 1.82) is 0 Å². The molecule has 2 nitrogen and oxygen atoms in total. The average molecular weight is 254 g/mol. The maximum absolute atomic E-state index is 9.91. The zero-order valence-corrected chi connectivity index (χ0v) is 11.0. The highest BCUT2D eigenvalue weighted by molar-refractivity contribution is 5.71. The lowest BCUT2D eigenvalue weighted by Gasteiger charge is -2.07. The van der Waals surface area contributed by atoms with Gasteiger partial charge in [0.25, 0.3) is 0 Å². The van der Waals surface area contributed by atoms with Crippen LogP contribution in [0, 0.1) is 0 Å². The van der Waals surface area contributed by atoms with E-state index in [4.69, 9.17) is 0 Å². The summed E-state index contributed by atoms with van der Waals surface area (Å²) in [7, 11) is 0. The number of phenolic OH excluding ortho intramolecular Hbond substituents is 2. The summed E-state index contributed by atoms with van der Waals surface area (Å²) in [6, 6.07) is 13.3. The van der Waals surface area contributed by atoms with Gasteiger partial charge in [0.1, 0.15) is 11.5 Å². The highest BCUT2D eigenvalue weighted by atomic mass is 16.3. The second-order valence-corrected chi connectivity index (χ2v) is 4.53. The number of hydrogen-bond acceptors (Lipinski definition) is 2. The molecule has 98 valence electrons. The van der Waals surface area contributed by atoms with Crippen molar-refractivity contribution in [1.82, 2.24) is 0 Å². The van der Waals surface area contributed by atoms with Crippen LogP contribution in [0.25, 0.3) is 12.2 Å². The first-order valence-electron chi connectivity index (χ1n) is 6.48. The molecule has 0 atom stereocenters. The zero-order chi connectivity index (χ0) is 13.7. The maximum atomic E-state index is 9.91. The normalized spacial score (nSPS) is 11.0. The Balaban J connectivity index is 2.25. The smallest absolute Gasteiger partial charge is 0.123 e. The van der Waals surface area contributed by atoms with Crippen LogP contribution in [0.5, 0.6) is 11.5 Å². The van der Waals surface area contributed by atoms with E-state index in [2.05, 4.69) is 0 Å². The number of benzene rings is 2. The molecule has 0 fully saturated rings. The fourth-order valence-corrected chi connectivity index (χ4v) is 2.02. The van der Waals surface area contributed by atoms with Crippen molar-refractivity contribution >= 4 is 12.2 Å². The van der Waals surface area contributed by atoms with E-state index in [9.17, 15) is 10.2 Å². The molecule has 0 saturated carbocycles. The lowest BCUT2D eigenvalue weighted by Crippen LogP contribution is -1.87. The molecule has 19 heavy (non-hydrogen) atoms. The van der Waals surface area contributed by atoms with Crippen LogP contribution in [-0.4, -0.2) is 10.2 Å². The number of hydrogen-bond donors (Lipinski definition) is 2. The van der Waals surface area contributed by atoms with Gasteiger partial charge in [0.15, 0.2) is 0 Å². The van der Waals surface area contributed by atoms with E-state index in [-0.39, 0.29) is 11.5 Å². The molecule has 0 unspecified atom stereocenters. The second kappa shape index (κ2) is 6.10. The highest BCUT2D eigenvalue weighted by Crippen LogP contribution is 2.30. The molecule has 0 amide bonds. The summed E-state index contributed by atoms with van der Waals surface area (Å²) in [6.07, 6.45) is 5.40. The molecular formula is C17H18O2. The van der Waals surface area contributed by atoms with E-state index in [1.165, 1.54) is 0 Å². The first-order chi connectivity index (χ1) is 9.20. The van der Waals surface area contributed by atoms with Gasteiger partial charge in [0.2, 0.25) is 0 Å². The van der Waals surface area contributed by atoms with Gasteiger partial charge in [0.05, 0.1) is 0 Å². The predicted molar refractivity (Wildman–Crippen MR) is 79.1 cm³/mol. The molecule has 0 aliphatic heterocycles. The summed E-state index contributed by atoms with van der Waals surface area (Å²) in [5.41, 5.74) is 2.50. The molecule has 0 aromatic heterocycles. The van der Waals surface area contributed by atoms with Gasteiger partial charge in [0, 0.05) is 5.56 Å². The standard InChI is InChI=1S/C17H18O2/c1-2-6-15-16(18)11-14(12-17(15)19)10-9-13-7-4-3-5-8-13/h3-5,7-12,18-19H,2,6H2,1H3. The van der Waals surface area contributed by atoms with Crippen LogP contribution in [0.3, 0.4) is 0 Å². The Labute approximate surface area is 113 Å². The van der Waals surface area contributed by atoms with Crippen molar-refractivity contribution in [3.05, 3.63) is 59.2 Å². The lowest BCUT2D eigenvalue weighted by molar-refractivity contribution is 0.437. The maximum Gasteiger partial charge on any atom is 0.123 e. The number of phenols is 2. The summed E-state index contributed by atoms with van der Waals surface area (Å²) in [5, 5.41) is 19.8. The Kier molecular flexibility index (Phi) is 4.24. The Morgan fingerprint density at radius 2 is 1.47 bits per heavy atom. The monoisotopic (exact) mass is 254 g/mol. The first kappa shape index (κ1) is 13.2. The molecule has 0 spiro atoms. The average Bonchev–Trinajstić information content (AvgIpc) is 2.42. The minimum Gasteiger partial charge on any atom is -0.508 e. The van der Waals surface area contributed by atoms with Gasteiger partial charge >= 0.3 is 0 Å². The predicted octanol–water partition coefficient (Wildman–Crippen LogP) is 4.22. The second-order valence-electron chi connectivity index (χ2n) is 4.53. The number of rotatable bonds is 4. The van der Waals surface area contributed by atoms with Crippen molar-refractivity contribution in [3.63, 3.8) is 0 Å². The molecule has 0 bridgehead atoms. The van der Waals surface area contributed by atoms with E-state index < -0.39 is 0 Å². The molecular weight excluding hydrogens is 236 g/mol. The van der Waals surface area contributed by atoms with E-state index in [0.717, 1.165) is 17.5 Å². The molecule has 2 aromatic carbocycles. The van der Waals surface area contributed by atoms with Crippen LogP contribution in [0.15, 0.2) is 42.5 Å². The summed E-state index contributed by atoms with van der Waals surface area (Å²) in [6.45, 7) is 2.02. The highest BCUT2D eigenvalue weighted by Gasteiger charge is 2.07. The molecule has 2 aromatic rings. The van der Waals surface area contributed by atoms with Crippen LogP contribution in [0.4, 0.5) is 0 Å². The third-order valence-corrected chi connectivity index (χ3v) is 2.99. The number of aromatic hydroxyl groups is 2. The van der Waals surface area contributed by atoms with Gasteiger partial charge in [-0.25, -0.2) is 0 Å². The van der Waals surface area contributed by atoms with Crippen molar-refractivity contribution in [2.24, 2.45) is 0 Å². The first-order valence-corrected chi connectivity index (χ1v) is 6.48. The minimum absolute atomic E-state index is 0.162. The van der Waals surface area contributed by atoms with Crippen LogP contribution in [0.2, 0.25) is 0 Å². The van der Waals surface area contributed by atoms with Gasteiger partial charge < -0.3 is 10.2 Å². The summed E-state index contributed by atoms with van der Waals surface area (Å²) >= 11 is 0. The van der Waals surface area contributed by atoms with Crippen molar-refractivity contribution in [2.45, 2.75) is 19.8 Å². The van der Waals surface area contributed by atoms with Crippen molar-refractivity contribution < 1.29 is 10.2 Å². The van der Waals surface area contributed by atoms with Crippen LogP contribution in [-0.2, 0) is 6.42 Å². The SMILES string of the molecule is CCCc1c(O)cc(C=Cc2ccccc2)cc1O. The summed E-state index contributed by atoms with van der Waals surface area (Å²) < 4.78 is 0. The largest absolute Gasteiger partial charge is 0.508 e. The third-order valence-electron chi connectivity index (χ3n) is 2.99. The summed E-state index contributed by atoms with van der Waals surface area (Å²) in [5.74, 6) is 0.323. The Hall–Kier alpha value is -2.22. The van der Waals surface area contributed by atoms with Gasteiger partial charge in [-0.3, -0.25) is 0 Å².